The van der Waals surface area contributed by atoms with Crippen molar-refractivity contribution in [2.24, 2.45) is 5.92 Å². The van der Waals surface area contributed by atoms with Crippen molar-refractivity contribution >= 4 is 10.0 Å². The second kappa shape index (κ2) is 6.06. The van der Waals surface area contributed by atoms with Gasteiger partial charge >= 0.3 is 0 Å². The molecule has 0 aliphatic carbocycles. The Morgan fingerprint density at radius 3 is 2.91 bits per heavy atom. The van der Waals surface area contributed by atoms with Gasteiger partial charge in [-0.25, -0.2) is 12.7 Å². The number of hydrogen-bond acceptors (Lipinski definition) is 5. The van der Waals surface area contributed by atoms with Crippen LogP contribution in [0.1, 0.15) is 18.9 Å². The molecule has 0 radical (unpaired) electrons. The maximum Gasteiger partial charge on any atom is 0.231 e. The minimum atomic E-state index is -3.09. The number of hydrogen-bond donors (Lipinski definition) is 1. The third-order valence-electron chi connectivity index (χ3n) is 4.37. The van der Waals surface area contributed by atoms with E-state index in [0.717, 1.165) is 23.5 Å². The van der Waals surface area contributed by atoms with E-state index < -0.39 is 10.0 Å². The highest BCUT2D eigenvalue weighted by Gasteiger charge is 2.30. The standard InChI is InChI=1S/C15H22N2O4S/c1-11-9-17(22(2,18)19)7-6-13(11)16-8-12-4-3-5-14-15(12)21-10-20-14/h3-5,11,13,16H,6-10H2,1-2H3/t11-,13+/m1/s1. The molecule has 122 valence electrons. The number of fused-ring (bicyclic) bond motifs is 1. The van der Waals surface area contributed by atoms with Gasteiger partial charge in [0.2, 0.25) is 16.8 Å². The molecule has 2 aliphatic heterocycles. The lowest BCUT2D eigenvalue weighted by molar-refractivity contribution is 0.172. The fourth-order valence-corrected chi connectivity index (χ4v) is 4.03. The van der Waals surface area contributed by atoms with Crippen LogP contribution in [-0.2, 0) is 16.6 Å². The van der Waals surface area contributed by atoms with E-state index in [1.807, 2.05) is 18.2 Å². The van der Waals surface area contributed by atoms with Gasteiger partial charge in [0.25, 0.3) is 0 Å². The van der Waals surface area contributed by atoms with Crippen LogP contribution in [0.15, 0.2) is 18.2 Å². The summed E-state index contributed by atoms with van der Waals surface area (Å²) in [6.07, 6.45) is 2.10. The molecule has 0 spiro atoms. The lowest BCUT2D eigenvalue weighted by Gasteiger charge is -2.36. The summed E-state index contributed by atoms with van der Waals surface area (Å²) in [5.74, 6) is 1.88. The third kappa shape index (κ3) is 3.21. The van der Waals surface area contributed by atoms with Crippen molar-refractivity contribution < 1.29 is 17.9 Å². The average molecular weight is 326 g/mol. The minimum Gasteiger partial charge on any atom is -0.454 e. The van der Waals surface area contributed by atoms with E-state index in [0.29, 0.717) is 25.7 Å². The Kier molecular flexibility index (Phi) is 4.29. The van der Waals surface area contributed by atoms with Gasteiger partial charge in [-0.2, -0.15) is 0 Å². The van der Waals surface area contributed by atoms with Crippen LogP contribution in [0.5, 0.6) is 11.5 Å². The zero-order valence-electron chi connectivity index (χ0n) is 12.9. The molecule has 0 aromatic heterocycles. The Hall–Kier alpha value is -1.31. The van der Waals surface area contributed by atoms with Crippen molar-refractivity contribution in [3.05, 3.63) is 23.8 Å². The zero-order chi connectivity index (χ0) is 15.7. The number of nitrogens with zero attached hydrogens (tertiary/aromatic N) is 1. The highest BCUT2D eigenvalue weighted by Crippen LogP contribution is 2.35. The summed E-state index contributed by atoms with van der Waals surface area (Å²) < 4.78 is 35.7. The van der Waals surface area contributed by atoms with Crippen molar-refractivity contribution in [1.29, 1.82) is 0 Å². The number of sulfonamides is 1. The lowest BCUT2D eigenvalue weighted by Crippen LogP contribution is -2.49. The highest BCUT2D eigenvalue weighted by molar-refractivity contribution is 7.88. The van der Waals surface area contributed by atoms with E-state index >= 15 is 0 Å². The first-order chi connectivity index (χ1) is 10.4. The van der Waals surface area contributed by atoms with Crippen LogP contribution in [0.3, 0.4) is 0 Å². The highest BCUT2D eigenvalue weighted by atomic mass is 32.2. The van der Waals surface area contributed by atoms with Crippen molar-refractivity contribution in [3.8, 4) is 11.5 Å². The van der Waals surface area contributed by atoms with E-state index in [1.165, 1.54) is 6.26 Å². The summed E-state index contributed by atoms with van der Waals surface area (Å²) in [6.45, 7) is 4.20. The van der Waals surface area contributed by atoms with Crippen molar-refractivity contribution in [1.82, 2.24) is 9.62 Å². The lowest BCUT2D eigenvalue weighted by atomic mass is 9.95. The van der Waals surface area contributed by atoms with Gasteiger partial charge in [-0.3, -0.25) is 0 Å². The van der Waals surface area contributed by atoms with E-state index in [2.05, 4.69) is 12.2 Å². The molecule has 0 bridgehead atoms. The molecule has 7 heteroatoms. The number of nitrogens with one attached hydrogen (secondary N) is 1. The van der Waals surface area contributed by atoms with Crippen LogP contribution in [0.4, 0.5) is 0 Å². The molecular weight excluding hydrogens is 304 g/mol. The SMILES string of the molecule is C[C@@H]1CN(S(C)(=O)=O)CC[C@@H]1NCc1cccc2c1OCO2. The molecule has 6 nitrogen and oxygen atoms in total. The molecule has 2 aliphatic rings. The van der Waals surface area contributed by atoms with Gasteiger partial charge in [0.1, 0.15) is 0 Å². The third-order valence-corrected chi connectivity index (χ3v) is 5.64. The molecule has 1 fully saturated rings. The number of piperidine rings is 1. The van der Waals surface area contributed by atoms with Gasteiger partial charge in [-0.05, 0) is 18.4 Å². The summed E-state index contributed by atoms with van der Waals surface area (Å²) in [5, 5.41) is 3.53. The normalized spacial score (nSPS) is 25.4. The predicted molar refractivity (Wildman–Crippen MR) is 83.4 cm³/mol. The first-order valence-electron chi connectivity index (χ1n) is 7.51. The van der Waals surface area contributed by atoms with Crippen LogP contribution >= 0.6 is 0 Å². The molecule has 1 saturated heterocycles. The Morgan fingerprint density at radius 1 is 1.36 bits per heavy atom. The van der Waals surface area contributed by atoms with E-state index in [-0.39, 0.29) is 12.7 Å². The van der Waals surface area contributed by atoms with Crippen LogP contribution in [0.25, 0.3) is 0 Å². The van der Waals surface area contributed by atoms with Crippen molar-refractivity contribution in [2.75, 3.05) is 26.1 Å². The Bertz CT molecular complexity index is 647. The van der Waals surface area contributed by atoms with Crippen molar-refractivity contribution in [3.63, 3.8) is 0 Å². The topological polar surface area (TPSA) is 67.9 Å². The Balaban J connectivity index is 1.60. The summed E-state index contributed by atoms with van der Waals surface area (Å²) >= 11 is 0. The molecule has 1 N–H and O–H groups in total. The first-order valence-corrected chi connectivity index (χ1v) is 9.36. The maximum atomic E-state index is 11.6. The molecular formula is C15H22N2O4S. The molecule has 3 rings (SSSR count). The van der Waals surface area contributed by atoms with Crippen LogP contribution in [-0.4, -0.2) is 44.9 Å². The maximum absolute atomic E-state index is 11.6. The monoisotopic (exact) mass is 326 g/mol. The molecule has 0 amide bonds. The molecule has 2 heterocycles. The molecule has 2 atom stereocenters. The smallest absolute Gasteiger partial charge is 0.231 e. The molecule has 0 saturated carbocycles. The van der Waals surface area contributed by atoms with Gasteiger partial charge in [-0.1, -0.05) is 19.1 Å². The second-order valence-electron chi connectivity index (χ2n) is 6.03. The van der Waals surface area contributed by atoms with Gasteiger partial charge < -0.3 is 14.8 Å². The summed E-state index contributed by atoms with van der Waals surface area (Å²) in [6, 6.07) is 6.19. The summed E-state index contributed by atoms with van der Waals surface area (Å²) in [4.78, 5) is 0. The van der Waals surface area contributed by atoms with Crippen LogP contribution in [0.2, 0.25) is 0 Å². The quantitative estimate of drug-likeness (QED) is 0.900. The molecule has 1 aromatic rings. The number of benzene rings is 1. The van der Waals surface area contributed by atoms with E-state index in [1.54, 1.807) is 4.31 Å². The van der Waals surface area contributed by atoms with Gasteiger partial charge in [0, 0.05) is 31.2 Å². The summed E-state index contributed by atoms with van der Waals surface area (Å²) in [7, 11) is -3.09. The fourth-order valence-electron chi connectivity index (χ4n) is 3.08. The Morgan fingerprint density at radius 2 is 2.18 bits per heavy atom. The molecule has 1 aromatic carbocycles. The fraction of sp³-hybridized carbons (Fsp3) is 0.600. The van der Waals surface area contributed by atoms with Gasteiger partial charge in [0.15, 0.2) is 11.5 Å². The van der Waals surface area contributed by atoms with Gasteiger partial charge in [-0.15, -0.1) is 0 Å². The number of rotatable bonds is 4. The summed E-state index contributed by atoms with van der Waals surface area (Å²) in [5.41, 5.74) is 1.08. The van der Waals surface area contributed by atoms with E-state index in [9.17, 15) is 8.42 Å². The zero-order valence-corrected chi connectivity index (χ0v) is 13.7. The largest absolute Gasteiger partial charge is 0.454 e. The number of para-hydroxylation sites is 1. The first kappa shape index (κ1) is 15.6. The predicted octanol–water partition coefficient (Wildman–Crippen LogP) is 1.17. The van der Waals surface area contributed by atoms with Crippen LogP contribution < -0.4 is 14.8 Å². The average Bonchev–Trinajstić information content (AvgIpc) is 2.94. The number of ether oxygens (including phenoxy) is 2. The molecule has 22 heavy (non-hydrogen) atoms. The van der Waals surface area contributed by atoms with Gasteiger partial charge in [0.05, 0.1) is 6.26 Å². The second-order valence-corrected chi connectivity index (χ2v) is 8.01. The van der Waals surface area contributed by atoms with E-state index in [4.69, 9.17) is 9.47 Å². The molecule has 0 unspecified atom stereocenters. The Labute approximate surface area is 131 Å². The minimum absolute atomic E-state index is 0.273. The van der Waals surface area contributed by atoms with Crippen LogP contribution in [0, 0.1) is 5.92 Å². The van der Waals surface area contributed by atoms with Crippen molar-refractivity contribution in [2.45, 2.75) is 25.9 Å².